The van der Waals surface area contributed by atoms with Gasteiger partial charge in [-0.3, -0.25) is 4.79 Å². The van der Waals surface area contributed by atoms with Crippen molar-refractivity contribution in [2.24, 2.45) is 5.92 Å². The molecule has 1 amide bonds. The molecular formula is C17H19NO3S2. The minimum Gasteiger partial charge on any atom is -0.462 e. The van der Waals surface area contributed by atoms with Crippen LogP contribution in [0.4, 0.5) is 5.00 Å². The predicted octanol–water partition coefficient (Wildman–Crippen LogP) is 4.36. The molecule has 4 nitrogen and oxygen atoms in total. The van der Waals surface area contributed by atoms with E-state index in [1.807, 2.05) is 11.4 Å². The van der Waals surface area contributed by atoms with Crippen LogP contribution >= 0.6 is 22.7 Å². The first-order chi connectivity index (χ1) is 11.1. The number of amides is 1. The van der Waals surface area contributed by atoms with E-state index in [4.69, 9.17) is 4.74 Å². The van der Waals surface area contributed by atoms with Crippen LogP contribution in [0.5, 0.6) is 0 Å². The van der Waals surface area contributed by atoms with Crippen LogP contribution in [0.15, 0.2) is 17.5 Å². The Balaban J connectivity index is 1.95. The van der Waals surface area contributed by atoms with Gasteiger partial charge in [-0.05, 0) is 49.1 Å². The fourth-order valence-electron chi connectivity index (χ4n) is 2.83. The number of carbonyl (C=O) groups excluding carboxylic acids is 2. The fourth-order valence-corrected chi connectivity index (χ4v) is 4.84. The highest BCUT2D eigenvalue weighted by Crippen LogP contribution is 2.40. The Morgan fingerprint density at radius 2 is 2.26 bits per heavy atom. The molecule has 3 rings (SSSR count). The molecule has 2 aromatic rings. The normalized spacial score (nSPS) is 16.7. The zero-order chi connectivity index (χ0) is 16.4. The Labute approximate surface area is 143 Å². The minimum atomic E-state index is -0.332. The van der Waals surface area contributed by atoms with E-state index in [-0.39, 0.29) is 11.9 Å². The molecule has 122 valence electrons. The van der Waals surface area contributed by atoms with Crippen LogP contribution in [0.25, 0.3) is 0 Å². The van der Waals surface area contributed by atoms with Gasteiger partial charge in [0.25, 0.3) is 5.91 Å². The average Bonchev–Trinajstić information content (AvgIpc) is 3.14. The second-order valence-electron chi connectivity index (χ2n) is 5.71. The zero-order valence-corrected chi connectivity index (χ0v) is 14.8. The summed E-state index contributed by atoms with van der Waals surface area (Å²) < 4.78 is 5.21. The topological polar surface area (TPSA) is 55.4 Å². The quantitative estimate of drug-likeness (QED) is 0.834. The lowest BCUT2D eigenvalue weighted by Gasteiger charge is -2.18. The van der Waals surface area contributed by atoms with Crippen LogP contribution in [-0.4, -0.2) is 18.5 Å². The van der Waals surface area contributed by atoms with Crippen molar-refractivity contribution in [3.63, 3.8) is 0 Å². The summed E-state index contributed by atoms with van der Waals surface area (Å²) in [6, 6.07) is 3.62. The summed E-state index contributed by atoms with van der Waals surface area (Å²) in [6.07, 6.45) is 2.89. The van der Waals surface area contributed by atoms with E-state index in [9.17, 15) is 9.59 Å². The third-order valence-electron chi connectivity index (χ3n) is 3.96. The van der Waals surface area contributed by atoms with E-state index in [0.717, 1.165) is 24.8 Å². The molecule has 0 saturated heterocycles. The number of fused-ring (bicyclic) bond motifs is 1. The lowest BCUT2D eigenvalue weighted by Crippen LogP contribution is -2.16. The van der Waals surface area contributed by atoms with E-state index in [1.165, 1.54) is 27.6 Å². The van der Waals surface area contributed by atoms with Gasteiger partial charge < -0.3 is 10.1 Å². The molecule has 1 N–H and O–H groups in total. The van der Waals surface area contributed by atoms with Crippen molar-refractivity contribution >= 4 is 39.6 Å². The van der Waals surface area contributed by atoms with Crippen molar-refractivity contribution in [2.75, 3.05) is 11.9 Å². The number of ether oxygens (including phenoxy) is 1. The number of nitrogens with one attached hydrogen (secondary N) is 1. The van der Waals surface area contributed by atoms with Crippen molar-refractivity contribution in [3.8, 4) is 0 Å². The molecule has 0 fully saturated rings. The van der Waals surface area contributed by atoms with Crippen molar-refractivity contribution in [1.29, 1.82) is 0 Å². The van der Waals surface area contributed by atoms with Crippen LogP contribution in [-0.2, 0) is 17.6 Å². The number of anilines is 1. The molecule has 1 aliphatic rings. The van der Waals surface area contributed by atoms with E-state index in [1.54, 1.807) is 13.0 Å². The lowest BCUT2D eigenvalue weighted by atomic mass is 9.88. The maximum Gasteiger partial charge on any atom is 0.341 e. The third-order valence-corrected chi connectivity index (χ3v) is 6.00. The minimum absolute atomic E-state index is 0.169. The number of rotatable bonds is 4. The molecule has 0 aliphatic heterocycles. The first kappa shape index (κ1) is 16.2. The van der Waals surface area contributed by atoms with Crippen LogP contribution in [0.3, 0.4) is 0 Å². The molecule has 2 aromatic heterocycles. The Kier molecular flexibility index (Phi) is 4.82. The first-order valence-electron chi connectivity index (χ1n) is 7.76. The monoisotopic (exact) mass is 349 g/mol. The van der Waals surface area contributed by atoms with Gasteiger partial charge in [0, 0.05) is 4.88 Å². The van der Waals surface area contributed by atoms with Crippen LogP contribution in [0, 0.1) is 5.92 Å². The Morgan fingerprint density at radius 3 is 2.96 bits per heavy atom. The number of hydrogen-bond donors (Lipinski definition) is 1. The predicted molar refractivity (Wildman–Crippen MR) is 93.7 cm³/mol. The van der Waals surface area contributed by atoms with E-state index < -0.39 is 0 Å². The van der Waals surface area contributed by atoms with Crippen molar-refractivity contribution in [1.82, 2.24) is 0 Å². The maximum absolute atomic E-state index is 12.4. The number of esters is 1. The Bertz CT molecular complexity index is 719. The first-order valence-corrected chi connectivity index (χ1v) is 9.46. The highest BCUT2D eigenvalue weighted by atomic mass is 32.1. The van der Waals surface area contributed by atoms with Gasteiger partial charge in [0.15, 0.2) is 0 Å². The van der Waals surface area contributed by atoms with Crippen molar-refractivity contribution in [2.45, 2.75) is 33.1 Å². The van der Waals surface area contributed by atoms with Crippen LogP contribution in [0.2, 0.25) is 0 Å². The number of hydrogen-bond acceptors (Lipinski definition) is 5. The summed E-state index contributed by atoms with van der Waals surface area (Å²) in [5.74, 6) is 0.107. The number of thiophene rings is 2. The molecule has 1 aliphatic carbocycles. The highest BCUT2D eigenvalue weighted by molar-refractivity contribution is 7.17. The average molecular weight is 349 g/mol. The standard InChI is InChI=1S/C17H19NO3S2/c1-3-21-17(20)14-11-7-6-10(2)9-13(11)23-16(14)18-15(19)12-5-4-8-22-12/h4-5,8,10H,3,6-7,9H2,1-2H3,(H,18,19). The van der Waals surface area contributed by atoms with Gasteiger partial charge in [-0.25, -0.2) is 4.79 Å². The smallest absolute Gasteiger partial charge is 0.341 e. The summed E-state index contributed by atoms with van der Waals surface area (Å²) in [5, 5.41) is 5.40. The molecule has 2 heterocycles. The maximum atomic E-state index is 12.4. The second-order valence-corrected chi connectivity index (χ2v) is 7.76. The molecule has 0 radical (unpaired) electrons. The van der Waals surface area contributed by atoms with E-state index in [2.05, 4.69) is 12.2 Å². The molecule has 0 bridgehead atoms. The summed E-state index contributed by atoms with van der Waals surface area (Å²) in [4.78, 5) is 26.6. The largest absolute Gasteiger partial charge is 0.462 e. The fraction of sp³-hybridized carbons (Fsp3) is 0.412. The summed E-state index contributed by atoms with van der Waals surface area (Å²) in [7, 11) is 0. The Morgan fingerprint density at radius 1 is 1.43 bits per heavy atom. The molecule has 6 heteroatoms. The number of carbonyl (C=O) groups is 2. The van der Waals surface area contributed by atoms with Gasteiger partial charge in [0.05, 0.1) is 17.0 Å². The van der Waals surface area contributed by atoms with Gasteiger partial charge in [0.1, 0.15) is 5.00 Å². The summed E-state index contributed by atoms with van der Waals surface area (Å²) in [5.41, 5.74) is 1.62. The van der Waals surface area contributed by atoms with Crippen LogP contribution in [0.1, 0.15) is 50.7 Å². The summed E-state index contributed by atoms with van der Waals surface area (Å²) >= 11 is 2.90. The highest BCUT2D eigenvalue weighted by Gasteiger charge is 2.29. The molecule has 23 heavy (non-hydrogen) atoms. The van der Waals surface area contributed by atoms with Gasteiger partial charge >= 0.3 is 5.97 Å². The summed E-state index contributed by atoms with van der Waals surface area (Å²) in [6.45, 7) is 4.34. The second kappa shape index (κ2) is 6.84. The Hall–Kier alpha value is -1.66. The SMILES string of the molecule is CCOC(=O)c1c(NC(=O)c2cccs2)sc2c1CCC(C)C2. The lowest BCUT2D eigenvalue weighted by molar-refractivity contribution is 0.0526. The molecular weight excluding hydrogens is 330 g/mol. The zero-order valence-electron chi connectivity index (χ0n) is 13.2. The third kappa shape index (κ3) is 3.33. The van der Waals surface area contributed by atoms with Gasteiger partial charge in [0.2, 0.25) is 0 Å². The van der Waals surface area contributed by atoms with Crippen molar-refractivity contribution in [3.05, 3.63) is 38.4 Å². The van der Waals surface area contributed by atoms with Gasteiger partial charge in [-0.2, -0.15) is 0 Å². The van der Waals surface area contributed by atoms with Gasteiger partial charge in [-0.15, -0.1) is 22.7 Å². The van der Waals surface area contributed by atoms with Gasteiger partial charge in [-0.1, -0.05) is 13.0 Å². The van der Waals surface area contributed by atoms with E-state index >= 15 is 0 Å². The molecule has 1 unspecified atom stereocenters. The van der Waals surface area contributed by atoms with Crippen LogP contribution < -0.4 is 5.32 Å². The molecule has 1 atom stereocenters. The molecule has 0 spiro atoms. The van der Waals surface area contributed by atoms with Crippen molar-refractivity contribution < 1.29 is 14.3 Å². The van der Waals surface area contributed by atoms with E-state index in [0.29, 0.717) is 28.0 Å². The molecule has 0 aromatic carbocycles. The molecule has 0 saturated carbocycles.